The topological polar surface area (TPSA) is 75.7 Å². The van der Waals surface area contributed by atoms with E-state index in [1.54, 1.807) is 37.1 Å². The van der Waals surface area contributed by atoms with E-state index in [9.17, 15) is 4.79 Å². The number of pyridine rings is 1. The Morgan fingerprint density at radius 2 is 1.56 bits per heavy atom. The van der Waals surface area contributed by atoms with Crippen LogP contribution >= 0.6 is 0 Å². The van der Waals surface area contributed by atoms with Crippen molar-refractivity contribution in [2.75, 3.05) is 21.3 Å². The molecule has 0 saturated heterocycles. The molecule has 3 rings (SSSR count). The Labute approximate surface area is 145 Å². The fourth-order valence-electron chi connectivity index (χ4n) is 2.93. The van der Waals surface area contributed by atoms with Crippen molar-refractivity contribution in [3.63, 3.8) is 0 Å². The highest BCUT2D eigenvalue weighted by molar-refractivity contribution is 5.93. The van der Waals surface area contributed by atoms with E-state index in [-0.39, 0.29) is 12.1 Å². The Balaban J connectivity index is 2.38. The zero-order valence-corrected chi connectivity index (χ0v) is 14.4. The van der Waals surface area contributed by atoms with Crippen LogP contribution in [0.25, 0.3) is 22.0 Å². The molecule has 0 fully saturated rings. The molecule has 3 aromatic rings. The SMILES string of the molecule is COc1ccc(-c2cn(CN)c3c(OC)ccc(OC)c3c2=O)cc1. The first-order chi connectivity index (χ1) is 12.1. The van der Waals surface area contributed by atoms with Gasteiger partial charge in [0, 0.05) is 11.8 Å². The van der Waals surface area contributed by atoms with Gasteiger partial charge in [0.1, 0.15) is 17.2 Å². The molecule has 0 radical (unpaired) electrons. The molecule has 0 aliphatic heterocycles. The first-order valence-electron chi connectivity index (χ1n) is 7.77. The third-order valence-corrected chi connectivity index (χ3v) is 4.18. The van der Waals surface area contributed by atoms with Crippen LogP contribution in [0.1, 0.15) is 0 Å². The molecule has 25 heavy (non-hydrogen) atoms. The van der Waals surface area contributed by atoms with Crippen molar-refractivity contribution in [3.05, 3.63) is 52.8 Å². The Morgan fingerprint density at radius 3 is 2.12 bits per heavy atom. The Kier molecular flexibility index (Phi) is 4.63. The predicted octanol–water partition coefficient (Wildman–Crippen LogP) is 2.61. The molecule has 2 aromatic carbocycles. The van der Waals surface area contributed by atoms with E-state index in [2.05, 4.69) is 0 Å². The van der Waals surface area contributed by atoms with E-state index in [4.69, 9.17) is 19.9 Å². The smallest absolute Gasteiger partial charge is 0.201 e. The molecule has 1 aromatic heterocycles. The molecule has 0 aliphatic carbocycles. The van der Waals surface area contributed by atoms with Crippen LogP contribution in [-0.4, -0.2) is 25.9 Å². The van der Waals surface area contributed by atoms with Gasteiger partial charge in [-0.15, -0.1) is 0 Å². The van der Waals surface area contributed by atoms with Crippen LogP contribution in [0.3, 0.4) is 0 Å². The summed E-state index contributed by atoms with van der Waals surface area (Å²) in [7, 11) is 4.70. The minimum absolute atomic E-state index is 0.138. The molecule has 1 heterocycles. The molecule has 0 aliphatic rings. The number of hydrogen-bond donors (Lipinski definition) is 1. The van der Waals surface area contributed by atoms with E-state index in [1.165, 1.54) is 7.11 Å². The van der Waals surface area contributed by atoms with Crippen LogP contribution in [0.4, 0.5) is 0 Å². The highest BCUT2D eigenvalue weighted by Gasteiger charge is 2.18. The number of fused-ring (bicyclic) bond motifs is 1. The first-order valence-corrected chi connectivity index (χ1v) is 7.77. The van der Waals surface area contributed by atoms with Crippen molar-refractivity contribution in [3.8, 4) is 28.4 Å². The standard InChI is InChI=1S/C19H20N2O4/c1-23-13-6-4-12(5-7-13)14-10-21(11-20)18-16(25-3)9-8-15(24-2)17(18)19(14)22/h4-10H,11,20H2,1-3H3. The van der Waals surface area contributed by atoms with E-state index in [0.717, 1.165) is 11.3 Å². The van der Waals surface area contributed by atoms with Gasteiger partial charge in [-0.25, -0.2) is 0 Å². The highest BCUT2D eigenvalue weighted by Crippen LogP contribution is 2.33. The van der Waals surface area contributed by atoms with E-state index in [1.807, 2.05) is 24.3 Å². The third-order valence-electron chi connectivity index (χ3n) is 4.18. The summed E-state index contributed by atoms with van der Waals surface area (Å²) in [5, 5.41) is 0.445. The van der Waals surface area contributed by atoms with Gasteiger partial charge in [-0.1, -0.05) is 12.1 Å². The van der Waals surface area contributed by atoms with Crippen molar-refractivity contribution in [1.29, 1.82) is 0 Å². The van der Waals surface area contributed by atoms with Gasteiger partial charge in [-0.05, 0) is 29.8 Å². The van der Waals surface area contributed by atoms with E-state index < -0.39 is 0 Å². The minimum Gasteiger partial charge on any atom is -0.497 e. The van der Waals surface area contributed by atoms with Gasteiger partial charge in [0.25, 0.3) is 0 Å². The Hall–Kier alpha value is -2.99. The normalized spacial score (nSPS) is 10.7. The molecule has 0 unspecified atom stereocenters. The predicted molar refractivity (Wildman–Crippen MR) is 97.5 cm³/mol. The maximum Gasteiger partial charge on any atom is 0.201 e. The summed E-state index contributed by atoms with van der Waals surface area (Å²) in [4.78, 5) is 13.2. The van der Waals surface area contributed by atoms with Crippen LogP contribution in [0.15, 0.2) is 47.4 Å². The van der Waals surface area contributed by atoms with Gasteiger partial charge in [0.15, 0.2) is 0 Å². The molecule has 0 spiro atoms. The number of ether oxygens (including phenoxy) is 3. The van der Waals surface area contributed by atoms with Crippen LogP contribution in [0.5, 0.6) is 17.2 Å². The summed E-state index contributed by atoms with van der Waals surface area (Å²) in [6.07, 6.45) is 1.74. The lowest BCUT2D eigenvalue weighted by molar-refractivity contribution is 0.408. The molecular formula is C19H20N2O4. The lowest BCUT2D eigenvalue weighted by atomic mass is 10.0. The largest absolute Gasteiger partial charge is 0.497 e. The van der Waals surface area contributed by atoms with Gasteiger partial charge in [0.2, 0.25) is 5.43 Å². The number of rotatable bonds is 5. The molecule has 0 atom stereocenters. The lowest BCUT2D eigenvalue weighted by Gasteiger charge is -2.16. The van der Waals surface area contributed by atoms with Crippen LogP contribution < -0.4 is 25.4 Å². The zero-order valence-electron chi connectivity index (χ0n) is 14.4. The number of hydrogen-bond acceptors (Lipinski definition) is 5. The molecular weight excluding hydrogens is 320 g/mol. The lowest BCUT2D eigenvalue weighted by Crippen LogP contribution is -2.17. The second-order valence-corrected chi connectivity index (χ2v) is 5.45. The van der Waals surface area contributed by atoms with Crippen molar-refractivity contribution in [2.45, 2.75) is 6.67 Å². The molecule has 6 nitrogen and oxygen atoms in total. The van der Waals surface area contributed by atoms with Crippen molar-refractivity contribution in [2.24, 2.45) is 5.73 Å². The van der Waals surface area contributed by atoms with Gasteiger partial charge in [-0.2, -0.15) is 0 Å². The Bertz CT molecular complexity index is 962. The van der Waals surface area contributed by atoms with Gasteiger partial charge >= 0.3 is 0 Å². The second-order valence-electron chi connectivity index (χ2n) is 5.45. The fourth-order valence-corrected chi connectivity index (χ4v) is 2.93. The summed E-state index contributed by atoms with van der Waals surface area (Å²) in [5.41, 5.74) is 7.71. The third kappa shape index (κ3) is 2.81. The molecule has 6 heteroatoms. The minimum atomic E-state index is -0.138. The number of benzene rings is 2. The van der Waals surface area contributed by atoms with Gasteiger partial charge in [-0.3, -0.25) is 4.79 Å². The quantitative estimate of drug-likeness (QED) is 0.773. The summed E-state index contributed by atoms with van der Waals surface area (Å²) in [6.45, 7) is 0.198. The molecule has 130 valence electrons. The monoisotopic (exact) mass is 340 g/mol. The van der Waals surface area contributed by atoms with E-state index in [0.29, 0.717) is 28.0 Å². The zero-order chi connectivity index (χ0) is 18.0. The van der Waals surface area contributed by atoms with Crippen LogP contribution in [-0.2, 0) is 6.67 Å². The van der Waals surface area contributed by atoms with Gasteiger partial charge < -0.3 is 24.5 Å². The van der Waals surface area contributed by atoms with Gasteiger partial charge in [0.05, 0.1) is 38.9 Å². The summed E-state index contributed by atoms with van der Waals surface area (Å²) in [6, 6.07) is 10.8. The van der Waals surface area contributed by atoms with Crippen molar-refractivity contribution < 1.29 is 14.2 Å². The van der Waals surface area contributed by atoms with Crippen LogP contribution in [0.2, 0.25) is 0 Å². The summed E-state index contributed by atoms with van der Waals surface area (Å²) < 4.78 is 17.8. The second kappa shape index (κ2) is 6.86. The molecule has 0 saturated carbocycles. The molecule has 2 N–H and O–H groups in total. The number of aromatic nitrogens is 1. The summed E-state index contributed by atoms with van der Waals surface area (Å²) >= 11 is 0. The molecule has 0 bridgehead atoms. The average Bonchev–Trinajstić information content (AvgIpc) is 2.67. The first kappa shape index (κ1) is 16.9. The molecule has 0 amide bonds. The number of nitrogens with two attached hydrogens (primary N) is 1. The van der Waals surface area contributed by atoms with Crippen molar-refractivity contribution >= 4 is 10.9 Å². The average molecular weight is 340 g/mol. The number of nitrogens with zero attached hydrogens (tertiary/aromatic N) is 1. The summed E-state index contributed by atoms with van der Waals surface area (Å²) in [5.74, 6) is 1.78. The maximum absolute atomic E-state index is 13.2. The maximum atomic E-state index is 13.2. The number of methoxy groups -OCH3 is 3. The van der Waals surface area contributed by atoms with Crippen LogP contribution in [0, 0.1) is 0 Å². The fraction of sp³-hybridized carbons (Fsp3) is 0.211. The van der Waals surface area contributed by atoms with Crippen molar-refractivity contribution in [1.82, 2.24) is 4.57 Å². The Morgan fingerprint density at radius 1 is 0.920 bits per heavy atom. The highest BCUT2D eigenvalue weighted by atomic mass is 16.5. The van der Waals surface area contributed by atoms with E-state index >= 15 is 0 Å².